The van der Waals surface area contributed by atoms with E-state index in [1.54, 1.807) is 6.20 Å². The number of carbonyl (C=O) groups excluding carboxylic acids is 1. The lowest BCUT2D eigenvalue weighted by Crippen LogP contribution is -2.28. The Hall–Kier alpha value is -2.24. The van der Waals surface area contributed by atoms with Crippen molar-refractivity contribution in [2.45, 2.75) is 33.7 Å². The molecule has 6 heteroatoms. The van der Waals surface area contributed by atoms with Crippen LogP contribution in [0.25, 0.3) is 0 Å². The maximum atomic E-state index is 12.1. The molecule has 0 aromatic carbocycles. The molecule has 0 aliphatic rings. The average Bonchev–Trinajstić information content (AvgIpc) is 2.63. The predicted molar refractivity (Wildman–Crippen MR) is 75.3 cm³/mol. The monoisotopic (exact) mass is 273 g/mol. The van der Waals surface area contributed by atoms with Gasteiger partial charge in [-0.05, 0) is 27.7 Å². The highest BCUT2D eigenvalue weighted by Crippen LogP contribution is 2.20. The van der Waals surface area contributed by atoms with Gasteiger partial charge in [-0.1, -0.05) is 0 Å². The number of nitrogens with one attached hydrogen (secondary N) is 1. The van der Waals surface area contributed by atoms with E-state index >= 15 is 0 Å². The van der Waals surface area contributed by atoms with Crippen LogP contribution < -0.4 is 5.32 Å². The number of hydrogen-bond acceptors (Lipinski definition) is 4. The first-order chi connectivity index (χ1) is 9.40. The second kappa shape index (κ2) is 5.40. The lowest BCUT2D eigenvalue weighted by atomic mass is 10.1. The van der Waals surface area contributed by atoms with Crippen molar-refractivity contribution < 1.29 is 4.79 Å². The van der Waals surface area contributed by atoms with Crippen LogP contribution in [-0.4, -0.2) is 25.7 Å². The Kier molecular flexibility index (Phi) is 3.83. The zero-order valence-corrected chi connectivity index (χ0v) is 12.4. The third kappa shape index (κ3) is 2.68. The lowest BCUT2D eigenvalue weighted by molar-refractivity contribution is 0.0934. The molecule has 1 atom stereocenters. The predicted octanol–water partition coefficient (Wildman–Crippen LogP) is 1.63. The van der Waals surface area contributed by atoms with Crippen molar-refractivity contribution in [1.29, 1.82) is 0 Å². The molecule has 6 nitrogen and oxygen atoms in total. The van der Waals surface area contributed by atoms with Crippen molar-refractivity contribution in [1.82, 2.24) is 25.1 Å². The largest absolute Gasteiger partial charge is 0.344 e. The van der Waals surface area contributed by atoms with Gasteiger partial charge in [-0.2, -0.15) is 5.10 Å². The summed E-state index contributed by atoms with van der Waals surface area (Å²) in [6.45, 7) is 7.70. The summed E-state index contributed by atoms with van der Waals surface area (Å²) >= 11 is 0. The Bertz CT molecular complexity index is 630. The summed E-state index contributed by atoms with van der Waals surface area (Å²) in [5.41, 5.74) is 4.12. The van der Waals surface area contributed by atoms with Crippen LogP contribution in [0.2, 0.25) is 0 Å². The second-order valence-electron chi connectivity index (χ2n) is 4.95. The topological polar surface area (TPSA) is 72.7 Å². The summed E-state index contributed by atoms with van der Waals surface area (Å²) in [4.78, 5) is 20.3. The van der Waals surface area contributed by atoms with E-state index in [0.717, 1.165) is 22.6 Å². The first-order valence-electron chi connectivity index (χ1n) is 6.49. The summed E-state index contributed by atoms with van der Waals surface area (Å²) < 4.78 is 1.82. The molecule has 0 fully saturated rings. The Morgan fingerprint density at radius 2 is 1.95 bits per heavy atom. The maximum Gasteiger partial charge on any atom is 0.271 e. The molecule has 0 saturated heterocycles. The molecule has 20 heavy (non-hydrogen) atoms. The van der Waals surface area contributed by atoms with Gasteiger partial charge in [-0.25, -0.2) is 4.98 Å². The third-order valence-electron chi connectivity index (χ3n) is 3.36. The highest BCUT2D eigenvalue weighted by molar-refractivity contribution is 5.92. The van der Waals surface area contributed by atoms with Crippen LogP contribution in [0, 0.1) is 20.8 Å². The molecule has 2 aromatic heterocycles. The van der Waals surface area contributed by atoms with Gasteiger partial charge in [0, 0.05) is 24.5 Å². The standard InChI is InChI=1S/C14H19N5O/c1-8-6-16-12(7-15-8)14(20)17-9(2)13-10(3)18-19(5)11(13)4/h6-7,9H,1-5H3,(H,17,20)/t9-/m1/s1. The van der Waals surface area contributed by atoms with E-state index in [-0.39, 0.29) is 11.9 Å². The Labute approximate surface area is 118 Å². The van der Waals surface area contributed by atoms with E-state index < -0.39 is 0 Å². The molecule has 0 radical (unpaired) electrons. The normalized spacial score (nSPS) is 12.2. The number of nitrogens with zero attached hydrogens (tertiary/aromatic N) is 4. The van der Waals surface area contributed by atoms with Crippen LogP contribution in [0.1, 0.15) is 46.1 Å². The van der Waals surface area contributed by atoms with Crippen molar-refractivity contribution in [3.05, 3.63) is 40.7 Å². The summed E-state index contributed by atoms with van der Waals surface area (Å²) in [6, 6.07) is -0.126. The summed E-state index contributed by atoms with van der Waals surface area (Å²) in [7, 11) is 1.89. The minimum absolute atomic E-state index is 0.126. The van der Waals surface area contributed by atoms with Crippen molar-refractivity contribution in [2.24, 2.45) is 7.05 Å². The molecule has 2 heterocycles. The van der Waals surface area contributed by atoms with Gasteiger partial charge in [0.25, 0.3) is 5.91 Å². The fraction of sp³-hybridized carbons (Fsp3) is 0.429. The molecular weight excluding hydrogens is 254 g/mol. The number of rotatable bonds is 3. The van der Waals surface area contributed by atoms with Crippen LogP contribution in [-0.2, 0) is 7.05 Å². The zero-order chi connectivity index (χ0) is 14.9. The number of hydrogen-bond donors (Lipinski definition) is 1. The molecule has 0 unspecified atom stereocenters. The molecule has 0 saturated carbocycles. The molecule has 0 spiro atoms. The van der Waals surface area contributed by atoms with E-state index in [9.17, 15) is 4.79 Å². The fourth-order valence-corrected chi connectivity index (χ4v) is 2.27. The van der Waals surface area contributed by atoms with Gasteiger partial charge in [0.1, 0.15) is 5.69 Å². The van der Waals surface area contributed by atoms with Gasteiger partial charge in [0.05, 0.1) is 23.6 Å². The Morgan fingerprint density at radius 1 is 1.25 bits per heavy atom. The lowest BCUT2D eigenvalue weighted by Gasteiger charge is -2.14. The molecule has 0 bridgehead atoms. The van der Waals surface area contributed by atoms with Gasteiger partial charge in [0.15, 0.2) is 0 Å². The summed E-state index contributed by atoms with van der Waals surface area (Å²) in [5.74, 6) is -0.229. The molecular formula is C14H19N5O. The van der Waals surface area contributed by atoms with E-state index in [0.29, 0.717) is 5.69 Å². The minimum atomic E-state index is -0.229. The highest BCUT2D eigenvalue weighted by atomic mass is 16.1. The fourth-order valence-electron chi connectivity index (χ4n) is 2.27. The van der Waals surface area contributed by atoms with Crippen molar-refractivity contribution >= 4 is 5.91 Å². The second-order valence-corrected chi connectivity index (χ2v) is 4.95. The minimum Gasteiger partial charge on any atom is -0.344 e. The molecule has 2 aromatic rings. The van der Waals surface area contributed by atoms with Crippen LogP contribution >= 0.6 is 0 Å². The molecule has 106 valence electrons. The smallest absolute Gasteiger partial charge is 0.271 e. The SMILES string of the molecule is Cc1cnc(C(=O)N[C@H](C)c2c(C)nn(C)c2C)cn1. The number of amides is 1. The van der Waals surface area contributed by atoms with Gasteiger partial charge in [-0.3, -0.25) is 14.5 Å². The summed E-state index contributed by atoms with van der Waals surface area (Å²) in [5, 5.41) is 7.29. The van der Waals surface area contributed by atoms with Crippen molar-refractivity contribution in [3.8, 4) is 0 Å². The third-order valence-corrected chi connectivity index (χ3v) is 3.36. The first-order valence-corrected chi connectivity index (χ1v) is 6.49. The number of aromatic nitrogens is 4. The van der Waals surface area contributed by atoms with Crippen LogP contribution in [0.5, 0.6) is 0 Å². The number of carbonyl (C=O) groups is 1. The first kappa shape index (κ1) is 14.2. The molecule has 0 aliphatic heterocycles. The average molecular weight is 273 g/mol. The van der Waals surface area contributed by atoms with Crippen molar-refractivity contribution in [2.75, 3.05) is 0 Å². The molecule has 1 amide bonds. The summed E-state index contributed by atoms with van der Waals surface area (Å²) in [6.07, 6.45) is 3.07. The van der Waals surface area contributed by atoms with Crippen LogP contribution in [0.15, 0.2) is 12.4 Å². The van der Waals surface area contributed by atoms with E-state index in [1.165, 1.54) is 6.20 Å². The quantitative estimate of drug-likeness (QED) is 0.922. The Morgan fingerprint density at radius 3 is 2.45 bits per heavy atom. The van der Waals surface area contributed by atoms with E-state index in [2.05, 4.69) is 20.4 Å². The van der Waals surface area contributed by atoms with Crippen LogP contribution in [0.4, 0.5) is 0 Å². The van der Waals surface area contributed by atoms with E-state index in [1.807, 2.05) is 39.4 Å². The van der Waals surface area contributed by atoms with Gasteiger partial charge in [0.2, 0.25) is 0 Å². The van der Waals surface area contributed by atoms with E-state index in [4.69, 9.17) is 0 Å². The number of aryl methyl sites for hydroxylation is 3. The highest BCUT2D eigenvalue weighted by Gasteiger charge is 2.19. The van der Waals surface area contributed by atoms with Gasteiger partial charge >= 0.3 is 0 Å². The zero-order valence-electron chi connectivity index (χ0n) is 12.4. The maximum absolute atomic E-state index is 12.1. The van der Waals surface area contributed by atoms with Gasteiger partial charge in [-0.15, -0.1) is 0 Å². The Balaban J connectivity index is 2.17. The van der Waals surface area contributed by atoms with Crippen molar-refractivity contribution in [3.63, 3.8) is 0 Å². The molecule has 1 N–H and O–H groups in total. The molecule has 2 rings (SSSR count). The van der Waals surface area contributed by atoms with Crippen LogP contribution in [0.3, 0.4) is 0 Å². The molecule has 0 aliphatic carbocycles. The van der Waals surface area contributed by atoms with Gasteiger partial charge < -0.3 is 5.32 Å².